The van der Waals surface area contributed by atoms with Crippen LogP contribution < -0.4 is 5.32 Å². The van der Waals surface area contributed by atoms with Gasteiger partial charge < -0.3 is 10.2 Å². The third kappa shape index (κ3) is 3.67. The van der Waals surface area contributed by atoms with E-state index in [1.807, 2.05) is 11.3 Å². The Kier molecular flexibility index (Phi) is 4.68. The van der Waals surface area contributed by atoms with Gasteiger partial charge in [0.05, 0.1) is 15.2 Å². The predicted molar refractivity (Wildman–Crippen MR) is 111 cm³/mol. The summed E-state index contributed by atoms with van der Waals surface area (Å²) in [5.74, 6) is 0.462. The number of nitrogens with zero attached hydrogens (tertiary/aromatic N) is 2. The van der Waals surface area contributed by atoms with Gasteiger partial charge in [0.1, 0.15) is 0 Å². The summed E-state index contributed by atoms with van der Waals surface area (Å²) in [6.45, 7) is 4.05. The largest absolute Gasteiger partial charge is 0.348 e. The van der Waals surface area contributed by atoms with Crippen molar-refractivity contribution in [3.8, 4) is 0 Å². The predicted octanol–water partition coefficient (Wildman–Crippen LogP) is 5.18. The van der Waals surface area contributed by atoms with E-state index in [1.54, 1.807) is 0 Å². The van der Waals surface area contributed by atoms with Crippen molar-refractivity contribution >= 4 is 44.6 Å². The molecule has 1 fully saturated rings. The van der Waals surface area contributed by atoms with Crippen molar-refractivity contribution in [1.29, 1.82) is 0 Å². The highest BCUT2D eigenvalue weighted by Gasteiger charge is 2.25. The van der Waals surface area contributed by atoms with Crippen LogP contribution in [-0.2, 0) is 0 Å². The van der Waals surface area contributed by atoms with Crippen LogP contribution in [0, 0.1) is 6.92 Å². The Balaban J connectivity index is 1.46. The number of aryl methyl sites for hydroxylation is 1. The standard InChI is InChI=1S/C20H21N3S2/c1-14-8-10-16(11-9-14)21-20(24)23-12-4-5-15(13-23)19-22-17-6-2-3-7-18(17)25-19/h2-3,6-11,15H,4-5,12-13H2,1H3,(H,21,24)/t15-/m0/s1. The molecule has 1 aliphatic rings. The third-order valence-corrected chi connectivity index (χ3v) is 6.23. The summed E-state index contributed by atoms with van der Waals surface area (Å²) in [6.07, 6.45) is 2.33. The van der Waals surface area contributed by atoms with Crippen molar-refractivity contribution in [1.82, 2.24) is 9.88 Å². The van der Waals surface area contributed by atoms with E-state index in [2.05, 4.69) is 65.7 Å². The van der Waals surface area contributed by atoms with Crippen molar-refractivity contribution < 1.29 is 0 Å². The van der Waals surface area contributed by atoms with E-state index in [1.165, 1.54) is 21.7 Å². The fourth-order valence-corrected chi connectivity index (χ4v) is 4.64. The highest BCUT2D eigenvalue weighted by molar-refractivity contribution is 7.80. The number of nitrogens with one attached hydrogen (secondary N) is 1. The molecule has 1 saturated heterocycles. The number of piperidine rings is 1. The summed E-state index contributed by atoms with van der Waals surface area (Å²) >= 11 is 7.48. The zero-order chi connectivity index (χ0) is 17.2. The second-order valence-electron chi connectivity index (χ2n) is 6.60. The van der Waals surface area contributed by atoms with E-state index in [0.717, 1.165) is 35.8 Å². The highest BCUT2D eigenvalue weighted by atomic mass is 32.1. The Morgan fingerprint density at radius 3 is 2.80 bits per heavy atom. The van der Waals surface area contributed by atoms with Crippen LogP contribution in [0.25, 0.3) is 10.2 Å². The number of hydrogen-bond donors (Lipinski definition) is 1. The van der Waals surface area contributed by atoms with Crippen molar-refractivity contribution in [2.45, 2.75) is 25.7 Å². The second-order valence-corrected chi connectivity index (χ2v) is 8.05. The molecule has 0 aliphatic carbocycles. The van der Waals surface area contributed by atoms with E-state index in [9.17, 15) is 0 Å². The highest BCUT2D eigenvalue weighted by Crippen LogP contribution is 2.33. The lowest BCUT2D eigenvalue weighted by molar-refractivity contribution is 0.312. The summed E-state index contributed by atoms with van der Waals surface area (Å²) in [5.41, 5.74) is 3.42. The molecule has 3 aromatic rings. The van der Waals surface area contributed by atoms with Gasteiger partial charge in [0.15, 0.2) is 5.11 Å². The molecule has 2 heterocycles. The van der Waals surface area contributed by atoms with Crippen LogP contribution in [-0.4, -0.2) is 28.1 Å². The number of thiocarbonyl (C=S) groups is 1. The number of benzene rings is 2. The normalized spacial score (nSPS) is 17.6. The Morgan fingerprint density at radius 2 is 2.00 bits per heavy atom. The van der Waals surface area contributed by atoms with Crippen LogP contribution in [0.15, 0.2) is 48.5 Å². The summed E-state index contributed by atoms with van der Waals surface area (Å²) < 4.78 is 1.27. The van der Waals surface area contributed by atoms with Gasteiger partial charge in [-0.3, -0.25) is 0 Å². The Bertz CT molecular complexity index is 852. The fourth-order valence-electron chi connectivity index (χ4n) is 3.27. The number of fused-ring (bicyclic) bond motifs is 1. The van der Waals surface area contributed by atoms with Crippen molar-refractivity contribution in [3.63, 3.8) is 0 Å². The molecule has 2 aromatic carbocycles. The lowest BCUT2D eigenvalue weighted by Gasteiger charge is -2.33. The van der Waals surface area contributed by atoms with Crippen LogP contribution in [0.4, 0.5) is 5.69 Å². The molecule has 5 heteroatoms. The first-order valence-corrected chi connectivity index (χ1v) is 9.89. The number of thiazole rings is 1. The summed E-state index contributed by atoms with van der Waals surface area (Å²) in [6, 6.07) is 16.8. The monoisotopic (exact) mass is 367 g/mol. The summed E-state index contributed by atoms with van der Waals surface area (Å²) in [4.78, 5) is 7.14. The minimum atomic E-state index is 0.462. The zero-order valence-electron chi connectivity index (χ0n) is 14.2. The fraction of sp³-hybridized carbons (Fsp3) is 0.300. The van der Waals surface area contributed by atoms with Gasteiger partial charge in [-0.1, -0.05) is 29.8 Å². The molecule has 3 nitrogen and oxygen atoms in total. The lowest BCUT2D eigenvalue weighted by Crippen LogP contribution is -2.41. The first kappa shape index (κ1) is 16.5. The Morgan fingerprint density at radius 1 is 1.20 bits per heavy atom. The van der Waals surface area contributed by atoms with Crippen LogP contribution in [0.2, 0.25) is 0 Å². The lowest BCUT2D eigenvalue weighted by atomic mass is 9.99. The average Bonchev–Trinajstić information content (AvgIpc) is 3.08. The van der Waals surface area contributed by atoms with Crippen LogP contribution in [0.1, 0.15) is 29.3 Å². The number of aromatic nitrogens is 1. The SMILES string of the molecule is Cc1ccc(NC(=S)N2CCC[C@H](c3nc4ccccc4s3)C2)cc1. The molecule has 128 valence electrons. The zero-order valence-corrected chi connectivity index (χ0v) is 15.9. The molecule has 0 unspecified atom stereocenters. The number of rotatable bonds is 2. The molecule has 0 amide bonds. The number of anilines is 1. The molecule has 0 spiro atoms. The molecular weight excluding hydrogens is 346 g/mol. The molecule has 1 N–H and O–H groups in total. The van der Waals surface area contributed by atoms with Gasteiger partial charge >= 0.3 is 0 Å². The summed E-state index contributed by atoms with van der Waals surface area (Å²) in [5, 5.41) is 5.43. The topological polar surface area (TPSA) is 28.2 Å². The summed E-state index contributed by atoms with van der Waals surface area (Å²) in [7, 11) is 0. The molecule has 0 radical (unpaired) electrons. The first-order valence-electron chi connectivity index (χ1n) is 8.67. The molecule has 1 aliphatic heterocycles. The number of hydrogen-bond acceptors (Lipinski definition) is 3. The van der Waals surface area contributed by atoms with Crippen molar-refractivity contribution in [2.75, 3.05) is 18.4 Å². The molecule has 25 heavy (non-hydrogen) atoms. The average molecular weight is 368 g/mol. The maximum atomic E-state index is 5.65. The van der Waals surface area contributed by atoms with Crippen LogP contribution in [0.5, 0.6) is 0 Å². The van der Waals surface area contributed by atoms with Crippen molar-refractivity contribution in [3.05, 3.63) is 59.1 Å². The van der Waals surface area contributed by atoms with Gasteiger partial charge in [0, 0.05) is 24.7 Å². The van der Waals surface area contributed by atoms with Gasteiger partial charge in [-0.05, 0) is 56.2 Å². The maximum absolute atomic E-state index is 5.65. The smallest absolute Gasteiger partial charge is 0.173 e. The third-order valence-electron chi connectivity index (χ3n) is 4.67. The van der Waals surface area contributed by atoms with E-state index >= 15 is 0 Å². The van der Waals surface area contributed by atoms with Gasteiger partial charge in [-0.25, -0.2) is 4.98 Å². The minimum absolute atomic E-state index is 0.462. The minimum Gasteiger partial charge on any atom is -0.348 e. The quantitative estimate of drug-likeness (QED) is 0.632. The molecule has 0 bridgehead atoms. The first-order chi connectivity index (χ1) is 12.2. The molecule has 1 aromatic heterocycles. The molecular formula is C20H21N3S2. The van der Waals surface area contributed by atoms with E-state index in [-0.39, 0.29) is 0 Å². The number of likely N-dealkylation sites (tertiary alicyclic amines) is 1. The van der Waals surface area contributed by atoms with E-state index in [4.69, 9.17) is 17.2 Å². The van der Waals surface area contributed by atoms with Gasteiger partial charge in [-0.2, -0.15) is 0 Å². The maximum Gasteiger partial charge on any atom is 0.173 e. The number of para-hydroxylation sites is 1. The van der Waals surface area contributed by atoms with Crippen LogP contribution in [0.3, 0.4) is 0 Å². The Labute approximate surface area is 157 Å². The molecule has 0 saturated carbocycles. The van der Waals surface area contributed by atoms with Crippen molar-refractivity contribution in [2.24, 2.45) is 0 Å². The molecule has 1 atom stereocenters. The van der Waals surface area contributed by atoms with Gasteiger partial charge in [-0.15, -0.1) is 11.3 Å². The van der Waals surface area contributed by atoms with E-state index < -0.39 is 0 Å². The van der Waals surface area contributed by atoms with Gasteiger partial charge in [0.25, 0.3) is 0 Å². The molecule has 4 rings (SSSR count). The van der Waals surface area contributed by atoms with Crippen LogP contribution >= 0.6 is 23.6 Å². The van der Waals surface area contributed by atoms with Gasteiger partial charge in [0.2, 0.25) is 0 Å². The second kappa shape index (κ2) is 7.10. The van der Waals surface area contributed by atoms with E-state index in [0.29, 0.717) is 5.92 Å². The Hall–Kier alpha value is -1.98.